The van der Waals surface area contributed by atoms with Crippen LogP contribution >= 0.6 is 11.8 Å². The molecule has 1 aliphatic heterocycles. The minimum absolute atomic E-state index is 0.443. The number of allylic oxidation sites excluding steroid dienone is 2. The third-order valence-electron chi connectivity index (χ3n) is 1.80. The number of thioether (sulfide) groups is 1. The fourth-order valence-corrected chi connectivity index (χ4v) is 3.65. The van der Waals surface area contributed by atoms with Crippen molar-refractivity contribution in [2.75, 3.05) is 0 Å². The van der Waals surface area contributed by atoms with Crippen molar-refractivity contribution >= 4 is 21.8 Å². The van der Waals surface area contributed by atoms with Gasteiger partial charge in [0.15, 0.2) is 0 Å². The molecule has 0 aromatic heterocycles. The van der Waals surface area contributed by atoms with Crippen LogP contribution in [0.2, 0.25) is 0 Å². The SMILES string of the molecule is CC(C)CC1=CCC(S(N)(=O)=O)S1. The molecule has 0 fully saturated rings. The Morgan fingerprint density at radius 2 is 2.31 bits per heavy atom. The second kappa shape index (κ2) is 4.02. The van der Waals surface area contributed by atoms with E-state index in [9.17, 15) is 8.42 Å². The van der Waals surface area contributed by atoms with Crippen LogP contribution in [0, 0.1) is 5.92 Å². The molecule has 0 spiro atoms. The molecule has 1 unspecified atom stereocenters. The molecule has 0 aromatic carbocycles. The predicted molar refractivity (Wildman–Crippen MR) is 56.6 cm³/mol. The Morgan fingerprint density at radius 1 is 1.69 bits per heavy atom. The van der Waals surface area contributed by atoms with Gasteiger partial charge in [-0.05, 0) is 23.7 Å². The minimum Gasteiger partial charge on any atom is -0.228 e. The highest BCUT2D eigenvalue weighted by Crippen LogP contribution is 2.37. The molecule has 1 atom stereocenters. The van der Waals surface area contributed by atoms with Crippen molar-refractivity contribution in [1.29, 1.82) is 0 Å². The Bertz CT molecular complexity index is 306. The van der Waals surface area contributed by atoms with E-state index in [4.69, 9.17) is 5.14 Å². The molecule has 13 heavy (non-hydrogen) atoms. The van der Waals surface area contributed by atoms with E-state index in [1.807, 2.05) is 6.08 Å². The summed E-state index contributed by atoms with van der Waals surface area (Å²) in [5.41, 5.74) is 0. The fraction of sp³-hybridized carbons (Fsp3) is 0.750. The van der Waals surface area contributed by atoms with Crippen molar-refractivity contribution in [2.45, 2.75) is 31.3 Å². The van der Waals surface area contributed by atoms with Gasteiger partial charge in [0.2, 0.25) is 10.0 Å². The van der Waals surface area contributed by atoms with Gasteiger partial charge in [-0.1, -0.05) is 19.9 Å². The summed E-state index contributed by atoms with van der Waals surface area (Å²) in [6.07, 6.45) is 3.50. The van der Waals surface area contributed by atoms with E-state index in [1.165, 1.54) is 11.8 Å². The standard InChI is InChI=1S/C8H15NO2S2/c1-6(2)5-7-3-4-8(12-7)13(9,10)11/h3,6,8H,4-5H2,1-2H3,(H2,9,10,11). The number of nitrogens with two attached hydrogens (primary N) is 1. The molecule has 1 aliphatic rings. The summed E-state index contributed by atoms with van der Waals surface area (Å²) >= 11 is 1.39. The van der Waals surface area contributed by atoms with E-state index in [-0.39, 0.29) is 0 Å². The van der Waals surface area contributed by atoms with Crippen LogP contribution in [0.4, 0.5) is 0 Å². The summed E-state index contributed by atoms with van der Waals surface area (Å²) in [7, 11) is -3.36. The first-order valence-corrected chi connectivity index (χ1v) is 6.76. The molecule has 0 aliphatic carbocycles. The Labute approximate surface area is 83.8 Å². The Hall–Kier alpha value is -0.000000000000000111. The smallest absolute Gasteiger partial charge is 0.222 e. The maximum absolute atomic E-state index is 11.0. The van der Waals surface area contributed by atoms with Crippen molar-refractivity contribution in [2.24, 2.45) is 11.1 Å². The molecule has 1 rings (SSSR count). The van der Waals surface area contributed by atoms with Crippen LogP contribution in [0.5, 0.6) is 0 Å². The fourth-order valence-electron chi connectivity index (χ4n) is 1.23. The number of rotatable bonds is 3. The van der Waals surface area contributed by atoms with Gasteiger partial charge in [-0.25, -0.2) is 13.6 Å². The lowest BCUT2D eigenvalue weighted by molar-refractivity contribution is 0.595. The average Bonchev–Trinajstić information content (AvgIpc) is 2.32. The molecule has 0 bridgehead atoms. The second-order valence-corrected chi connectivity index (χ2v) is 7.02. The highest BCUT2D eigenvalue weighted by atomic mass is 32.3. The van der Waals surface area contributed by atoms with Gasteiger partial charge < -0.3 is 0 Å². The van der Waals surface area contributed by atoms with Gasteiger partial charge in [0, 0.05) is 0 Å². The van der Waals surface area contributed by atoms with E-state index >= 15 is 0 Å². The van der Waals surface area contributed by atoms with Crippen LogP contribution < -0.4 is 5.14 Å². The maximum atomic E-state index is 11.0. The predicted octanol–water partition coefficient (Wildman–Crippen LogP) is 1.67. The summed E-state index contributed by atoms with van der Waals surface area (Å²) in [6, 6.07) is 0. The lowest BCUT2D eigenvalue weighted by Crippen LogP contribution is -2.23. The molecule has 1 heterocycles. The van der Waals surface area contributed by atoms with E-state index in [1.54, 1.807) is 0 Å². The summed E-state index contributed by atoms with van der Waals surface area (Å²) < 4.78 is 21.5. The lowest BCUT2D eigenvalue weighted by atomic mass is 10.1. The van der Waals surface area contributed by atoms with Crippen LogP contribution in [0.1, 0.15) is 26.7 Å². The number of sulfonamides is 1. The first-order valence-electron chi connectivity index (χ1n) is 4.27. The van der Waals surface area contributed by atoms with E-state index < -0.39 is 14.6 Å². The highest BCUT2D eigenvalue weighted by molar-refractivity contribution is 8.15. The molecular formula is C8H15NO2S2. The first-order chi connectivity index (χ1) is 5.89. The average molecular weight is 221 g/mol. The molecule has 0 saturated heterocycles. The van der Waals surface area contributed by atoms with Crippen LogP contribution in [-0.4, -0.2) is 13.0 Å². The summed E-state index contributed by atoms with van der Waals surface area (Å²) in [5, 5.41) is 5.05. The normalized spacial score (nSPS) is 23.7. The highest BCUT2D eigenvalue weighted by Gasteiger charge is 2.27. The van der Waals surface area contributed by atoms with Crippen LogP contribution in [0.3, 0.4) is 0 Å². The van der Waals surface area contributed by atoms with Crippen molar-refractivity contribution < 1.29 is 8.42 Å². The molecule has 0 saturated carbocycles. The molecule has 0 radical (unpaired) electrons. The van der Waals surface area contributed by atoms with Gasteiger partial charge in [-0.15, -0.1) is 11.8 Å². The monoisotopic (exact) mass is 221 g/mol. The van der Waals surface area contributed by atoms with E-state index in [0.717, 1.165) is 11.3 Å². The summed E-state index contributed by atoms with van der Waals surface area (Å²) in [4.78, 5) is 1.16. The molecule has 2 N–H and O–H groups in total. The zero-order valence-electron chi connectivity index (χ0n) is 7.86. The summed E-state index contributed by atoms with van der Waals surface area (Å²) in [5.74, 6) is 0.568. The third-order valence-corrected chi connectivity index (χ3v) is 4.91. The molecular weight excluding hydrogens is 206 g/mol. The third kappa shape index (κ3) is 3.32. The Balaban J connectivity index is 2.52. The lowest BCUT2D eigenvalue weighted by Gasteiger charge is -2.08. The molecule has 0 aromatic rings. The first kappa shape index (κ1) is 11.1. The van der Waals surface area contributed by atoms with Gasteiger partial charge in [0.05, 0.1) is 0 Å². The number of hydrogen-bond acceptors (Lipinski definition) is 3. The van der Waals surface area contributed by atoms with Crippen LogP contribution in [0.25, 0.3) is 0 Å². The van der Waals surface area contributed by atoms with Gasteiger partial charge >= 0.3 is 0 Å². The van der Waals surface area contributed by atoms with Crippen LogP contribution in [0.15, 0.2) is 11.0 Å². The molecule has 5 heteroatoms. The van der Waals surface area contributed by atoms with Gasteiger partial charge in [-0.3, -0.25) is 0 Å². The zero-order valence-corrected chi connectivity index (χ0v) is 9.49. The Kier molecular flexibility index (Phi) is 3.43. The van der Waals surface area contributed by atoms with Crippen molar-refractivity contribution in [3.63, 3.8) is 0 Å². The van der Waals surface area contributed by atoms with E-state index in [2.05, 4.69) is 13.8 Å². The number of primary sulfonamides is 1. The summed E-state index contributed by atoms with van der Waals surface area (Å²) in [6.45, 7) is 4.23. The second-order valence-electron chi connectivity index (χ2n) is 3.64. The van der Waals surface area contributed by atoms with Crippen molar-refractivity contribution in [3.05, 3.63) is 11.0 Å². The van der Waals surface area contributed by atoms with Gasteiger partial charge in [0.25, 0.3) is 0 Å². The van der Waals surface area contributed by atoms with Gasteiger partial charge in [0.1, 0.15) is 4.58 Å². The largest absolute Gasteiger partial charge is 0.228 e. The zero-order chi connectivity index (χ0) is 10.1. The molecule has 76 valence electrons. The topological polar surface area (TPSA) is 60.2 Å². The molecule has 0 amide bonds. The number of hydrogen-bond donors (Lipinski definition) is 1. The quantitative estimate of drug-likeness (QED) is 0.788. The van der Waals surface area contributed by atoms with Gasteiger partial charge in [-0.2, -0.15) is 0 Å². The van der Waals surface area contributed by atoms with Crippen molar-refractivity contribution in [3.8, 4) is 0 Å². The minimum atomic E-state index is -3.36. The van der Waals surface area contributed by atoms with E-state index in [0.29, 0.717) is 12.3 Å². The maximum Gasteiger partial charge on any atom is 0.222 e. The van der Waals surface area contributed by atoms with Crippen molar-refractivity contribution in [1.82, 2.24) is 0 Å². The Morgan fingerprint density at radius 3 is 2.69 bits per heavy atom. The van der Waals surface area contributed by atoms with Crippen LogP contribution in [-0.2, 0) is 10.0 Å². The molecule has 3 nitrogen and oxygen atoms in total.